The van der Waals surface area contributed by atoms with Gasteiger partial charge >= 0.3 is 0 Å². The van der Waals surface area contributed by atoms with Crippen LogP contribution in [0.25, 0.3) is 0 Å². The first-order chi connectivity index (χ1) is 9.53. The molecule has 2 heterocycles. The molecule has 0 aliphatic carbocycles. The molecule has 2 fully saturated rings. The fraction of sp³-hybridized carbons (Fsp3) is 0.600. The molecule has 2 atom stereocenters. The van der Waals surface area contributed by atoms with Crippen LogP contribution in [0.3, 0.4) is 0 Å². The maximum atomic E-state index is 14.3. The van der Waals surface area contributed by atoms with Crippen LogP contribution in [-0.4, -0.2) is 26.4 Å². The maximum Gasteiger partial charge on any atom is 0.132 e. The minimum Gasteiger partial charge on any atom is -0.494 e. The summed E-state index contributed by atoms with van der Waals surface area (Å²) in [6, 6.07) is 4.62. The summed E-state index contributed by atoms with van der Waals surface area (Å²) in [6.07, 6.45) is 2.53. The SMILES string of the molecule is CCOc1ccc(C2(O)CC3CCC(C2)S3=O)c(F)c1. The third kappa shape index (κ3) is 2.27. The molecule has 3 rings (SSSR count). The van der Waals surface area contributed by atoms with Gasteiger partial charge in [0.25, 0.3) is 0 Å². The molecule has 1 aromatic rings. The summed E-state index contributed by atoms with van der Waals surface area (Å²) in [5, 5.41) is 10.8. The Bertz CT molecular complexity index is 530. The van der Waals surface area contributed by atoms with Crippen molar-refractivity contribution in [2.24, 2.45) is 0 Å². The zero-order chi connectivity index (χ0) is 14.3. The second-order valence-electron chi connectivity index (χ2n) is 5.66. The topological polar surface area (TPSA) is 46.5 Å². The highest BCUT2D eigenvalue weighted by Gasteiger charge is 2.49. The molecular formula is C15H19FO3S. The maximum absolute atomic E-state index is 14.3. The van der Waals surface area contributed by atoms with Crippen molar-refractivity contribution in [3.8, 4) is 5.75 Å². The summed E-state index contributed by atoms with van der Waals surface area (Å²) in [5.41, 5.74) is -0.872. The average molecular weight is 298 g/mol. The number of rotatable bonds is 3. The molecule has 2 bridgehead atoms. The number of aliphatic hydroxyl groups is 1. The highest BCUT2D eigenvalue weighted by atomic mass is 32.2. The van der Waals surface area contributed by atoms with Crippen LogP contribution in [0, 0.1) is 5.82 Å². The quantitative estimate of drug-likeness (QED) is 0.932. The second-order valence-corrected chi connectivity index (χ2v) is 7.65. The highest BCUT2D eigenvalue weighted by Crippen LogP contribution is 2.46. The van der Waals surface area contributed by atoms with Gasteiger partial charge in [0.15, 0.2) is 0 Å². The third-order valence-corrected chi connectivity index (χ3v) is 6.47. The van der Waals surface area contributed by atoms with Crippen LogP contribution >= 0.6 is 0 Å². The number of halogens is 1. The lowest BCUT2D eigenvalue weighted by Crippen LogP contribution is -2.40. The van der Waals surface area contributed by atoms with Gasteiger partial charge in [-0.05, 0) is 44.7 Å². The molecule has 5 heteroatoms. The van der Waals surface area contributed by atoms with Crippen molar-refractivity contribution in [2.45, 2.75) is 48.7 Å². The zero-order valence-corrected chi connectivity index (χ0v) is 12.3. The summed E-state index contributed by atoms with van der Waals surface area (Å²) in [7, 11) is -0.860. The van der Waals surface area contributed by atoms with Gasteiger partial charge in [-0.1, -0.05) is 0 Å². The summed E-state index contributed by atoms with van der Waals surface area (Å²) < 4.78 is 31.5. The first-order valence-electron chi connectivity index (χ1n) is 7.08. The third-order valence-electron chi connectivity index (χ3n) is 4.35. The molecule has 2 unspecified atom stereocenters. The largest absolute Gasteiger partial charge is 0.494 e. The molecule has 1 N–H and O–H groups in total. The predicted octanol–water partition coefficient (Wildman–Crippen LogP) is 2.49. The molecule has 0 aromatic heterocycles. The van der Waals surface area contributed by atoms with Gasteiger partial charge in [-0.3, -0.25) is 4.21 Å². The normalized spacial score (nSPS) is 36.0. The fourth-order valence-corrected chi connectivity index (χ4v) is 5.59. The Morgan fingerprint density at radius 3 is 2.60 bits per heavy atom. The van der Waals surface area contributed by atoms with E-state index in [0.29, 0.717) is 30.8 Å². The van der Waals surface area contributed by atoms with Crippen molar-refractivity contribution < 1.29 is 18.4 Å². The highest BCUT2D eigenvalue weighted by molar-refractivity contribution is 7.86. The Morgan fingerprint density at radius 2 is 2.05 bits per heavy atom. The van der Waals surface area contributed by atoms with Crippen molar-refractivity contribution in [2.75, 3.05) is 6.61 Å². The molecule has 2 saturated heterocycles. The Labute approximate surface area is 120 Å². The van der Waals surface area contributed by atoms with Gasteiger partial charge in [-0.15, -0.1) is 0 Å². The standard InChI is InChI=1S/C15H19FO3S/c1-2-19-10-3-6-13(14(16)7-10)15(17)8-11-4-5-12(9-15)20(11)18/h3,6-7,11-12,17H,2,4-5,8-9H2,1H3. The molecule has 0 radical (unpaired) electrons. The van der Waals surface area contributed by atoms with E-state index in [4.69, 9.17) is 4.74 Å². The van der Waals surface area contributed by atoms with Crippen LogP contribution < -0.4 is 4.74 Å². The van der Waals surface area contributed by atoms with E-state index in [1.54, 1.807) is 12.1 Å². The lowest BCUT2D eigenvalue weighted by atomic mass is 9.85. The summed E-state index contributed by atoms with van der Waals surface area (Å²) >= 11 is 0. The summed E-state index contributed by atoms with van der Waals surface area (Å²) in [5.74, 6) is 0.0326. The van der Waals surface area contributed by atoms with Crippen LogP contribution in [0.15, 0.2) is 18.2 Å². The van der Waals surface area contributed by atoms with E-state index in [-0.39, 0.29) is 10.5 Å². The van der Waals surface area contributed by atoms with Crippen LogP contribution in [0.5, 0.6) is 5.75 Å². The molecule has 0 amide bonds. The molecule has 110 valence electrons. The fourth-order valence-electron chi connectivity index (χ4n) is 3.43. The van der Waals surface area contributed by atoms with Crippen molar-refractivity contribution in [3.63, 3.8) is 0 Å². The van der Waals surface area contributed by atoms with Crippen molar-refractivity contribution in [3.05, 3.63) is 29.6 Å². The number of fused-ring (bicyclic) bond motifs is 2. The monoisotopic (exact) mass is 298 g/mol. The van der Waals surface area contributed by atoms with E-state index in [9.17, 15) is 13.7 Å². The van der Waals surface area contributed by atoms with Gasteiger partial charge in [-0.2, -0.15) is 0 Å². The van der Waals surface area contributed by atoms with E-state index in [1.165, 1.54) is 6.07 Å². The Morgan fingerprint density at radius 1 is 1.40 bits per heavy atom. The minimum atomic E-state index is -1.19. The van der Waals surface area contributed by atoms with Crippen LogP contribution in [0.2, 0.25) is 0 Å². The van der Waals surface area contributed by atoms with E-state index in [0.717, 1.165) is 12.8 Å². The molecule has 20 heavy (non-hydrogen) atoms. The Balaban J connectivity index is 1.90. The van der Waals surface area contributed by atoms with Crippen molar-refractivity contribution in [1.82, 2.24) is 0 Å². The first kappa shape index (κ1) is 14.0. The number of benzene rings is 1. The van der Waals surface area contributed by atoms with Crippen LogP contribution in [0.4, 0.5) is 4.39 Å². The van der Waals surface area contributed by atoms with Crippen LogP contribution in [-0.2, 0) is 16.4 Å². The zero-order valence-electron chi connectivity index (χ0n) is 11.5. The number of ether oxygens (including phenoxy) is 1. The Hall–Kier alpha value is -0.940. The van der Waals surface area contributed by atoms with E-state index in [1.807, 2.05) is 6.92 Å². The van der Waals surface area contributed by atoms with Gasteiger partial charge in [-0.25, -0.2) is 4.39 Å². The molecule has 1 aromatic carbocycles. The molecule has 2 aliphatic rings. The summed E-state index contributed by atoms with van der Waals surface area (Å²) in [6.45, 7) is 2.32. The molecule has 3 nitrogen and oxygen atoms in total. The molecule has 0 spiro atoms. The smallest absolute Gasteiger partial charge is 0.132 e. The first-order valence-corrected chi connectivity index (χ1v) is 8.35. The van der Waals surface area contributed by atoms with Gasteiger partial charge in [0, 0.05) is 32.9 Å². The van der Waals surface area contributed by atoms with Gasteiger partial charge in [0.05, 0.1) is 12.2 Å². The van der Waals surface area contributed by atoms with Crippen molar-refractivity contribution >= 4 is 10.8 Å². The molecular weight excluding hydrogens is 279 g/mol. The molecule has 2 aliphatic heterocycles. The molecule has 0 saturated carbocycles. The predicted molar refractivity (Wildman–Crippen MR) is 75.7 cm³/mol. The van der Waals surface area contributed by atoms with E-state index in [2.05, 4.69) is 0 Å². The Kier molecular flexibility index (Phi) is 3.58. The van der Waals surface area contributed by atoms with Gasteiger partial charge < -0.3 is 9.84 Å². The van der Waals surface area contributed by atoms with Gasteiger partial charge in [0.2, 0.25) is 0 Å². The number of hydrogen-bond donors (Lipinski definition) is 1. The van der Waals surface area contributed by atoms with E-state index < -0.39 is 22.2 Å². The number of hydrogen-bond acceptors (Lipinski definition) is 3. The average Bonchev–Trinajstić information content (AvgIpc) is 2.62. The second kappa shape index (κ2) is 5.11. The lowest BCUT2D eigenvalue weighted by Gasteiger charge is -2.36. The van der Waals surface area contributed by atoms with Gasteiger partial charge in [0.1, 0.15) is 11.6 Å². The lowest BCUT2D eigenvalue weighted by molar-refractivity contribution is 0.0150. The van der Waals surface area contributed by atoms with Crippen molar-refractivity contribution in [1.29, 1.82) is 0 Å². The van der Waals surface area contributed by atoms with Crippen LogP contribution in [0.1, 0.15) is 38.2 Å². The summed E-state index contributed by atoms with van der Waals surface area (Å²) in [4.78, 5) is 0. The van der Waals surface area contributed by atoms with E-state index >= 15 is 0 Å². The minimum absolute atomic E-state index is 0.00437.